The van der Waals surface area contributed by atoms with Gasteiger partial charge in [-0.2, -0.15) is 4.98 Å². The minimum Gasteiger partial charge on any atom is -0.469 e. The topological polar surface area (TPSA) is 99.4 Å². The van der Waals surface area contributed by atoms with E-state index in [1.165, 1.54) is 6.33 Å². The van der Waals surface area contributed by atoms with E-state index in [9.17, 15) is 10.1 Å². The van der Waals surface area contributed by atoms with Gasteiger partial charge in [0.25, 0.3) is 5.88 Å². The highest BCUT2D eigenvalue weighted by molar-refractivity contribution is 5.61. The number of anilines is 1. The van der Waals surface area contributed by atoms with Crippen LogP contribution in [0.5, 0.6) is 5.88 Å². The van der Waals surface area contributed by atoms with Crippen LogP contribution in [-0.2, 0) is 4.74 Å². The van der Waals surface area contributed by atoms with Gasteiger partial charge in [0.2, 0.25) is 5.82 Å². The van der Waals surface area contributed by atoms with Gasteiger partial charge in [0.15, 0.2) is 0 Å². The Labute approximate surface area is 123 Å². The largest absolute Gasteiger partial charge is 0.469 e. The molecule has 1 heterocycles. The quantitative estimate of drug-likeness (QED) is 0.634. The number of aromatic nitrogens is 2. The van der Waals surface area contributed by atoms with Crippen LogP contribution in [0.3, 0.4) is 0 Å². The van der Waals surface area contributed by atoms with Crippen LogP contribution in [0.15, 0.2) is 6.33 Å². The van der Waals surface area contributed by atoms with Crippen LogP contribution in [0.2, 0.25) is 0 Å². The number of nitro groups is 1. The Bertz CT molecular complexity index is 497. The molecule has 1 saturated carbocycles. The van der Waals surface area contributed by atoms with E-state index in [0.717, 1.165) is 19.3 Å². The SMILES string of the molecule is CCNc1ncnc(OC2CCCC(OC)C2)c1[N+](=O)[O-]. The van der Waals surface area contributed by atoms with Crippen LogP contribution in [-0.4, -0.2) is 40.8 Å². The van der Waals surface area contributed by atoms with Crippen LogP contribution in [0.4, 0.5) is 11.5 Å². The molecule has 2 rings (SSSR count). The molecular formula is C13H20N4O4. The summed E-state index contributed by atoms with van der Waals surface area (Å²) in [6.07, 6.45) is 4.82. The van der Waals surface area contributed by atoms with E-state index in [0.29, 0.717) is 13.0 Å². The fraction of sp³-hybridized carbons (Fsp3) is 0.692. The first-order chi connectivity index (χ1) is 10.2. The van der Waals surface area contributed by atoms with Crippen molar-refractivity contribution in [1.82, 2.24) is 9.97 Å². The van der Waals surface area contributed by atoms with Crippen molar-refractivity contribution in [3.8, 4) is 5.88 Å². The molecule has 1 N–H and O–H groups in total. The Morgan fingerprint density at radius 1 is 1.43 bits per heavy atom. The zero-order valence-electron chi connectivity index (χ0n) is 12.2. The molecule has 1 aliphatic rings. The van der Waals surface area contributed by atoms with Gasteiger partial charge in [0.1, 0.15) is 12.4 Å². The second-order valence-electron chi connectivity index (χ2n) is 4.93. The molecule has 116 valence electrons. The van der Waals surface area contributed by atoms with Crippen molar-refractivity contribution in [3.05, 3.63) is 16.4 Å². The van der Waals surface area contributed by atoms with Gasteiger partial charge in [-0.3, -0.25) is 10.1 Å². The normalized spacial score (nSPS) is 21.8. The summed E-state index contributed by atoms with van der Waals surface area (Å²) in [4.78, 5) is 18.6. The zero-order valence-corrected chi connectivity index (χ0v) is 12.2. The number of hydrogen-bond acceptors (Lipinski definition) is 7. The van der Waals surface area contributed by atoms with Gasteiger partial charge in [-0.15, -0.1) is 0 Å². The third-order valence-corrected chi connectivity index (χ3v) is 3.51. The zero-order chi connectivity index (χ0) is 15.2. The maximum atomic E-state index is 11.3. The van der Waals surface area contributed by atoms with Crippen LogP contribution in [0, 0.1) is 10.1 Å². The minimum atomic E-state index is -0.510. The van der Waals surface area contributed by atoms with Gasteiger partial charge in [-0.05, 0) is 26.2 Å². The van der Waals surface area contributed by atoms with E-state index < -0.39 is 4.92 Å². The van der Waals surface area contributed by atoms with Crippen molar-refractivity contribution in [1.29, 1.82) is 0 Å². The number of nitrogens with one attached hydrogen (secondary N) is 1. The molecule has 0 aromatic carbocycles. The second kappa shape index (κ2) is 7.16. The number of rotatable bonds is 6. The highest BCUT2D eigenvalue weighted by Crippen LogP contribution is 2.33. The van der Waals surface area contributed by atoms with Crippen LogP contribution < -0.4 is 10.1 Å². The first kappa shape index (κ1) is 15.4. The molecule has 0 amide bonds. The lowest BCUT2D eigenvalue weighted by molar-refractivity contribution is -0.385. The Balaban J connectivity index is 2.19. The summed E-state index contributed by atoms with van der Waals surface area (Å²) in [5.41, 5.74) is -0.209. The average Bonchev–Trinajstić information content (AvgIpc) is 2.47. The van der Waals surface area contributed by atoms with Crippen molar-refractivity contribution < 1.29 is 14.4 Å². The van der Waals surface area contributed by atoms with Gasteiger partial charge in [0.05, 0.1) is 11.0 Å². The minimum absolute atomic E-state index is 0.0210. The lowest BCUT2D eigenvalue weighted by atomic mass is 9.95. The number of methoxy groups -OCH3 is 1. The summed E-state index contributed by atoms with van der Waals surface area (Å²) in [7, 11) is 1.67. The Kier molecular flexibility index (Phi) is 5.26. The highest BCUT2D eigenvalue weighted by atomic mass is 16.6. The van der Waals surface area contributed by atoms with Gasteiger partial charge in [-0.25, -0.2) is 4.98 Å². The predicted octanol–water partition coefficient (Wildman–Crippen LogP) is 2.15. The standard InChI is InChI=1S/C13H20N4O4/c1-3-14-12-11(17(18)19)13(16-8-15-12)21-10-6-4-5-9(7-10)20-2/h8-10H,3-7H2,1-2H3,(H,14,15,16). The van der Waals surface area contributed by atoms with Crippen molar-refractivity contribution >= 4 is 11.5 Å². The first-order valence-electron chi connectivity index (χ1n) is 7.08. The molecular weight excluding hydrogens is 276 g/mol. The molecule has 0 spiro atoms. The molecule has 0 radical (unpaired) electrons. The van der Waals surface area contributed by atoms with Crippen LogP contribution in [0.1, 0.15) is 32.6 Å². The predicted molar refractivity (Wildman–Crippen MR) is 76.5 cm³/mol. The molecule has 8 nitrogen and oxygen atoms in total. The van der Waals surface area contributed by atoms with E-state index >= 15 is 0 Å². The van der Waals surface area contributed by atoms with Gasteiger partial charge < -0.3 is 14.8 Å². The van der Waals surface area contributed by atoms with Gasteiger partial charge in [-0.1, -0.05) is 0 Å². The molecule has 0 aliphatic heterocycles. The second-order valence-corrected chi connectivity index (χ2v) is 4.93. The molecule has 21 heavy (non-hydrogen) atoms. The maximum Gasteiger partial charge on any atom is 0.372 e. The van der Waals surface area contributed by atoms with Crippen molar-refractivity contribution in [3.63, 3.8) is 0 Å². The molecule has 2 atom stereocenters. The summed E-state index contributed by atoms with van der Waals surface area (Å²) >= 11 is 0. The molecule has 0 saturated heterocycles. The molecule has 1 aromatic rings. The van der Waals surface area contributed by atoms with E-state index in [2.05, 4.69) is 15.3 Å². The van der Waals surface area contributed by atoms with E-state index in [4.69, 9.17) is 9.47 Å². The lowest BCUT2D eigenvalue weighted by Gasteiger charge is -2.28. The Hall–Kier alpha value is -1.96. The Morgan fingerprint density at radius 3 is 2.86 bits per heavy atom. The smallest absolute Gasteiger partial charge is 0.372 e. The first-order valence-corrected chi connectivity index (χ1v) is 7.08. The number of ether oxygens (including phenoxy) is 2. The van der Waals surface area contributed by atoms with Gasteiger partial charge in [0, 0.05) is 20.1 Å². The lowest BCUT2D eigenvalue weighted by Crippen LogP contribution is -2.30. The highest BCUT2D eigenvalue weighted by Gasteiger charge is 2.29. The Morgan fingerprint density at radius 2 is 2.19 bits per heavy atom. The molecule has 1 aromatic heterocycles. The maximum absolute atomic E-state index is 11.3. The van der Waals surface area contributed by atoms with Crippen molar-refractivity contribution in [2.45, 2.75) is 44.8 Å². The summed E-state index contributed by atoms with van der Waals surface area (Å²) in [6.45, 7) is 2.38. The van der Waals surface area contributed by atoms with E-state index in [1.54, 1.807) is 7.11 Å². The van der Waals surface area contributed by atoms with Crippen LogP contribution >= 0.6 is 0 Å². The van der Waals surface area contributed by atoms with Crippen molar-refractivity contribution in [2.24, 2.45) is 0 Å². The fourth-order valence-electron chi connectivity index (χ4n) is 2.49. The summed E-state index contributed by atoms with van der Waals surface area (Å²) in [5.74, 6) is 0.208. The van der Waals surface area contributed by atoms with Crippen LogP contribution in [0.25, 0.3) is 0 Å². The monoisotopic (exact) mass is 296 g/mol. The van der Waals surface area contributed by atoms with Gasteiger partial charge >= 0.3 is 5.69 Å². The summed E-state index contributed by atoms with van der Waals surface area (Å²) < 4.78 is 11.1. The molecule has 1 aliphatic carbocycles. The fourth-order valence-corrected chi connectivity index (χ4v) is 2.49. The molecule has 0 bridgehead atoms. The summed E-state index contributed by atoms with van der Waals surface area (Å²) in [6, 6.07) is 0. The molecule has 1 fully saturated rings. The average molecular weight is 296 g/mol. The molecule has 2 unspecified atom stereocenters. The van der Waals surface area contributed by atoms with E-state index in [-0.39, 0.29) is 29.6 Å². The molecule has 8 heteroatoms. The summed E-state index contributed by atoms with van der Waals surface area (Å²) in [5, 5.41) is 14.1. The number of hydrogen-bond donors (Lipinski definition) is 1. The third kappa shape index (κ3) is 3.78. The number of nitrogens with zero attached hydrogens (tertiary/aromatic N) is 3. The van der Waals surface area contributed by atoms with E-state index in [1.807, 2.05) is 6.92 Å². The van der Waals surface area contributed by atoms with Crippen molar-refractivity contribution in [2.75, 3.05) is 19.0 Å². The third-order valence-electron chi connectivity index (χ3n) is 3.51.